The Morgan fingerprint density at radius 1 is 1.06 bits per heavy atom. The Labute approximate surface area is 185 Å². The molecule has 0 bridgehead atoms. The molecule has 31 heavy (non-hydrogen) atoms. The molecule has 2 amide bonds. The zero-order valence-electron chi connectivity index (χ0n) is 19.1. The highest BCUT2D eigenvalue weighted by atomic mass is 16.5. The number of aryl methyl sites for hydroxylation is 3. The summed E-state index contributed by atoms with van der Waals surface area (Å²) in [4.78, 5) is 27.8. The number of hydrogen-bond donors (Lipinski definition) is 1. The van der Waals surface area contributed by atoms with Gasteiger partial charge in [0, 0.05) is 12.6 Å². The van der Waals surface area contributed by atoms with Gasteiger partial charge in [-0.05, 0) is 68.9 Å². The van der Waals surface area contributed by atoms with Gasteiger partial charge in [-0.25, -0.2) is 0 Å². The predicted molar refractivity (Wildman–Crippen MR) is 123 cm³/mol. The lowest BCUT2D eigenvalue weighted by Gasteiger charge is -2.30. The lowest BCUT2D eigenvalue weighted by molar-refractivity contribution is -0.142. The number of carbonyl (C=O) groups is 2. The smallest absolute Gasteiger partial charge is 0.261 e. The molecule has 1 unspecified atom stereocenters. The van der Waals surface area contributed by atoms with E-state index in [0.29, 0.717) is 12.3 Å². The minimum atomic E-state index is -0.574. The van der Waals surface area contributed by atoms with Crippen LogP contribution in [0.3, 0.4) is 0 Å². The fourth-order valence-corrected chi connectivity index (χ4v) is 4.03. The van der Waals surface area contributed by atoms with Crippen molar-refractivity contribution in [1.82, 2.24) is 10.2 Å². The van der Waals surface area contributed by atoms with Crippen molar-refractivity contribution in [1.29, 1.82) is 0 Å². The maximum Gasteiger partial charge on any atom is 0.261 e. The quantitative estimate of drug-likeness (QED) is 0.683. The van der Waals surface area contributed by atoms with E-state index in [0.717, 1.165) is 47.9 Å². The molecule has 0 spiro atoms. The molecule has 1 fully saturated rings. The molecule has 3 rings (SSSR count). The van der Waals surface area contributed by atoms with Crippen LogP contribution in [0.1, 0.15) is 54.9 Å². The molecule has 0 heterocycles. The van der Waals surface area contributed by atoms with Crippen LogP contribution in [0.4, 0.5) is 0 Å². The van der Waals surface area contributed by atoms with Gasteiger partial charge in [0.2, 0.25) is 5.91 Å². The highest BCUT2D eigenvalue weighted by Gasteiger charge is 2.29. The standard InChI is InChI=1S/C26H34N2O3/c1-18-13-14-20(3)24(15-18)31-17-25(29)28(16-22-10-6-5-9-19(22)2)21(4)26(30)27-23-11-7-8-12-23/h5-6,9-10,13-15,21,23H,7-8,11-12,16-17H2,1-4H3,(H,27,30). The molecule has 1 aliphatic rings. The number of nitrogens with zero attached hydrogens (tertiary/aromatic N) is 1. The Morgan fingerprint density at radius 3 is 2.48 bits per heavy atom. The average Bonchev–Trinajstić information content (AvgIpc) is 3.26. The third-order valence-corrected chi connectivity index (χ3v) is 6.17. The van der Waals surface area contributed by atoms with E-state index in [4.69, 9.17) is 4.74 Å². The summed E-state index contributed by atoms with van der Waals surface area (Å²) in [6.07, 6.45) is 4.32. The van der Waals surface area contributed by atoms with Gasteiger partial charge in [-0.3, -0.25) is 9.59 Å². The molecule has 2 aromatic carbocycles. The molecule has 1 aliphatic carbocycles. The first kappa shape index (κ1) is 22.9. The molecular weight excluding hydrogens is 388 g/mol. The first-order valence-electron chi connectivity index (χ1n) is 11.2. The number of nitrogens with one attached hydrogen (secondary N) is 1. The van der Waals surface area contributed by atoms with E-state index in [9.17, 15) is 9.59 Å². The molecule has 2 aromatic rings. The van der Waals surface area contributed by atoms with Crippen molar-refractivity contribution in [2.75, 3.05) is 6.61 Å². The van der Waals surface area contributed by atoms with Crippen molar-refractivity contribution in [2.24, 2.45) is 0 Å². The van der Waals surface area contributed by atoms with Crippen LogP contribution in [0, 0.1) is 20.8 Å². The summed E-state index contributed by atoms with van der Waals surface area (Å²) in [5.74, 6) is 0.408. The molecule has 1 N–H and O–H groups in total. The molecule has 5 heteroatoms. The van der Waals surface area contributed by atoms with Gasteiger partial charge in [0.1, 0.15) is 11.8 Å². The van der Waals surface area contributed by atoms with Gasteiger partial charge in [-0.15, -0.1) is 0 Å². The fraction of sp³-hybridized carbons (Fsp3) is 0.462. The van der Waals surface area contributed by atoms with Crippen LogP contribution in [0.2, 0.25) is 0 Å². The monoisotopic (exact) mass is 422 g/mol. The number of carbonyl (C=O) groups excluding carboxylic acids is 2. The van der Waals surface area contributed by atoms with Gasteiger partial charge in [-0.1, -0.05) is 49.2 Å². The molecule has 166 valence electrons. The van der Waals surface area contributed by atoms with E-state index in [2.05, 4.69) is 5.32 Å². The van der Waals surface area contributed by atoms with E-state index >= 15 is 0 Å². The summed E-state index contributed by atoms with van der Waals surface area (Å²) >= 11 is 0. The summed E-state index contributed by atoms with van der Waals surface area (Å²) < 4.78 is 5.87. The molecule has 0 saturated heterocycles. The Bertz CT molecular complexity index is 919. The Balaban J connectivity index is 1.75. The van der Waals surface area contributed by atoms with Gasteiger partial charge in [-0.2, -0.15) is 0 Å². The second-order valence-corrected chi connectivity index (χ2v) is 8.67. The molecule has 0 aliphatic heterocycles. The maximum atomic E-state index is 13.2. The van der Waals surface area contributed by atoms with E-state index in [1.807, 2.05) is 63.2 Å². The van der Waals surface area contributed by atoms with Crippen LogP contribution in [-0.4, -0.2) is 35.4 Å². The summed E-state index contributed by atoms with van der Waals surface area (Å²) in [7, 11) is 0. The van der Waals surface area contributed by atoms with E-state index in [1.165, 1.54) is 0 Å². The van der Waals surface area contributed by atoms with Crippen molar-refractivity contribution < 1.29 is 14.3 Å². The third kappa shape index (κ3) is 6.09. The molecule has 0 aromatic heterocycles. The van der Waals surface area contributed by atoms with Crippen LogP contribution in [0.15, 0.2) is 42.5 Å². The summed E-state index contributed by atoms with van der Waals surface area (Å²) in [5, 5.41) is 3.13. The maximum absolute atomic E-state index is 13.2. The van der Waals surface area contributed by atoms with Gasteiger partial charge in [0.05, 0.1) is 0 Å². The zero-order valence-corrected chi connectivity index (χ0v) is 19.1. The van der Waals surface area contributed by atoms with E-state index in [-0.39, 0.29) is 24.5 Å². The topological polar surface area (TPSA) is 58.6 Å². The van der Waals surface area contributed by atoms with E-state index in [1.54, 1.807) is 11.8 Å². The number of amides is 2. The molecule has 5 nitrogen and oxygen atoms in total. The van der Waals surface area contributed by atoms with Crippen LogP contribution < -0.4 is 10.1 Å². The zero-order chi connectivity index (χ0) is 22.4. The molecule has 1 saturated carbocycles. The Kier molecular flexibility index (Phi) is 7.72. The van der Waals surface area contributed by atoms with Crippen molar-refractivity contribution in [2.45, 2.75) is 72.0 Å². The normalized spacial score (nSPS) is 14.8. The first-order valence-corrected chi connectivity index (χ1v) is 11.2. The van der Waals surface area contributed by atoms with Crippen LogP contribution in [0.5, 0.6) is 5.75 Å². The second kappa shape index (κ2) is 10.5. The third-order valence-electron chi connectivity index (χ3n) is 6.17. The van der Waals surface area contributed by atoms with Crippen LogP contribution in [0.25, 0.3) is 0 Å². The van der Waals surface area contributed by atoms with Crippen molar-refractivity contribution >= 4 is 11.8 Å². The van der Waals surface area contributed by atoms with Crippen LogP contribution in [-0.2, 0) is 16.1 Å². The van der Waals surface area contributed by atoms with Crippen LogP contribution >= 0.6 is 0 Å². The molecule has 1 atom stereocenters. The van der Waals surface area contributed by atoms with Gasteiger partial charge in [0.15, 0.2) is 6.61 Å². The van der Waals surface area contributed by atoms with Gasteiger partial charge in [0.25, 0.3) is 5.91 Å². The lowest BCUT2D eigenvalue weighted by atomic mass is 10.1. The average molecular weight is 423 g/mol. The lowest BCUT2D eigenvalue weighted by Crippen LogP contribution is -2.50. The predicted octanol–water partition coefficient (Wildman–Crippen LogP) is 4.47. The summed E-state index contributed by atoms with van der Waals surface area (Å²) in [6.45, 7) is 8.06. The van der Waals surface area contributed by atoms with Gasteiger partial charge < -0.3 is 15.0 Å². The number of ether oxygens (including phenoxy) is 1. The Hall–Kier alpha value is -2.82. The Morgan fingerprint density at radius 2 is 1.77 bits per heavy atom. The minimum absolute atomic E-state index is 0.0967. The van der Waals surface area contributed by atoms with Crippen molar-refractivity contribution in [3.8, 4) is 5.75 Å². The first-order chi connectivity index (χ1) is 14.8. The summed E-state index contributed by atoms with van der Waals surface area (Å²) in [5.41, 5.74) is 4.19. The summed E-state index contributed by atoms with van der Waals surface area (Å²) in [6, 6.07) is 13.5. The largest absolute Gasteiger partial charge is 0.483 e. The van der Waals surface area contributed by atoms with Crippen molar-refractivity contribution in [3.63, 3.8) is 0 Å². The highest BCUT2D eigenvalue weighted by Crippen LogP contribution is 2.21. The van der Waals surface area contributed by atoms with Crippen molar-refractivity contribution in [3.05, 3.63) is 64.7 Å². The van der Waals surface area contributed by atoms with Gasteiger partial charge >= 0.3 is 0 Å². The molecular formula is C26H34N2O3. The molecule has 0 radical (unpaired) electrons. The minimum Gasteiger partial charge on any atom is -0.483 e. The fourth-order valence-electron chi connectivity index (χ4n) is 4.03. The number of rotatable bonds is 8. The SMILES string of the molecule is Cc1ccc(C)c(OCC(=O)N(Cc2ccccc2C)C(C)C(=O)NC2CCCC2)c1. The number of benzene rings is 2. The number of hydrogen-bond acceptors (Lipinski definition) is 3. The highest BCUT2D eigenvalue weighted by molar-refractivity contribution is 5.88. The second-order valence-electron chi connectivity index (χ2n) is 8.67. The van der Waals surface area contributed by atoms with E-state index < -0.39 is 6.04 Å².